The van der Waals surface area contributed by atoms with E-state index in [4.69, 9.17) is 0 Å². The van der Waals surface area contributed by atoms with Crippen molar-refractivity contribution in [2.45, 2.75) is 45.6 Å². The molecule has 0 radical (unpaired) electrons. The van der Waals surface area contributed by atoms with Gasteiger partial charge in [0.2, 0.25) is 0 Å². The molecule has 0 spiro atoms. The Balaban J connectivity index is 2.57. The van der Waals surface area contributed by atoms with Gasteiger partial charge in [-0.3, -0.25) is 0 Å². The summed E-state index contributed by atoms with van der Waals surface area (Å²) < 4.78 is 0. The van der Waals surface area contributed by atoms with Crippen molar-refractivity contribution in [3.63, 3.8) is 0 Å². The Morgan fingerprint density at radius 2 is 1.88 bits per heavy atom. The Hall–Kier alpha value is -1.08. The van der Waals surface area contributed by atoms with Crippen LogP contribution in [0.4, 0.5) is 0 Å². The van der Waals surface area contributed by atoms with E-state index >= 15 is 0 Å². The topological polar surface area (TPSA) is 12.0 Å². The summed E-state index contributed by atoms with van der Waals surface area (Å²) in [6.45, 7) is 8.11. The summed E-state index contributed by atoms with van der Waals surface area (Å²) in [5, 5.41) is 3.41. The highest BCUT2D eigenvalue weighted by Gasteiger charge is 2.07. The van der Waals surface area contributed by atoms with Gasteiger partial charge in [0.15, 0.2) is 0 Å². The second-order valence-electron chi connectivity index (χ2n) is 4.91. The van der Waals surface area contributed by atoms with Gasteiger partial charge in [-0.2, -0.15) is 0 Å². The molecule has 0 aromatic heterocycles. The Labute approximate surface area is 106 Å². The fourth-order valence-corrected chi connectivity index (χ4v) is 2.33. The minimum absolute atomic E-state index is 0.580. The molecule has 1 unspecified atom stereocenters. The first-order valence-electron chi connectivity index (χ1n) is 6.51. The van der Waals surface area contributed by atoms with Crippen LogP contribution in [0.5, 0.6) is 0 Å². The summed E-state index contributed by atoms with van der Waals surface area (Å²) in [6.07, 6.45) is 6.68. The van der Waals surface area contributed by atoms with Gasteiger partial charge in [-0.25, -0.2) is 0 Å². The van der Waals surface area contributed by atoms with Gasteiger partial charge < -0.3 is 5.32 Å². The Morgan fingerprint density at radius 3 is 2.41 bits per heavy atom. The van der Waals surface area contributed by atoms with Crippen molar-refractivity contribution < 1.29 is 0 Å². The van der Waals surface area contributed by atoms with E-state index in [0.29, 0.717) is 6.04 Å². The number of allylic oxidation sites excluding steroid dienone is 1. The van der Waals surface area contributed by atoms with Crippen LogP contribution in [0.2, 0.25) is 0 Å². The number of benzene rings is 1. The van der Waals surface area contributed by atoms with Crippen LogP contribution in [0, 0.1) is 13.8 Å². The van der Waals surface area contributed by atoms with E-state index in [-0.39, 0.29) is 0 Å². The van der Waals surface area contributed by atoms with Gasteiger partial charge in [0, 0.05) is 6.04 Å². The molecule has 94 valence electrons. The third kappa shape index (κ3) is 5.18. The molecular weight excluding hydrogens is 206 g/mol. The van der Waals surface area contributed by atoms with Crippen LogP contribution in [0.1, 0.15) is 36.0 Å². The highest BCUT2D eigenvalue weighted by molar-refractivity contribution is 5.29. The van der Waals surface area contributed by atoms with Crippen LogP contribution in [0.25, 0.3) is 0 Å². The second kappa shape index (κ2) is 7.29. The molecule has 1 N–H and O–H groups in total. The van der Waals surface area contributed by atoms with Crippen LogP contribution in [0.15, 0.2) is 30.9 Å². The average Bonchev–Trinajstić information content (AvgIpc) is 2.26. The highest BCUT2D eigenvalue weighted by Crippen LogP contribution is 2.13. The molecule has 1 heteroatoms. The predicted molar refractivity (Wildman–Crippen MR) is 76.5 cm³/mol. The predicted octanol–water partition coefficient (Wildman–Crippen LogP) is 3.79. The van der Waals surface area contributed by atoms with Gasteiger partial charge in [0.25, 0.3) is 0 Å². The Bertz CT molecular complexity index is 334. The monoisotopic (exact) mass is 231 g/mol. The van der Waals surface area contributed by atoms with Crippen LogP contribution in [-0.4, -0.2) is 13.1 Å². The largest absolute Gasteiger partial charge is 0.317 e. The molecular formula is C16H25N. The molecule has 1 atom stereocenters. The van der Waals surface area contributed by atoms with Crippen LogP contribution in [-0.2, 0) is 6.42 Å². The number of hydrogen-bond acceptors (Lipinski definition) is 1. The lowest BCUT2D eigenvalue weighted by Gasteiger charge is -2.16. The fourth-order valence-electron chi connectivity index (χ4n) is 2.33. The number of aryl methyl sites for hydroxylation is 2. The lowest BCUT2D eigenvalue weighted by atomic mass is 9.98. The number of nitrogens with one attached hydrogen (secondary N) is 1. The molecule has 0 aliphatic carbocycles. The molecule has 1 rings (SSSR count). The number of unbranched alkanes of at least 4 members (excludes halogenated alkanes) is 1. The highest BCUT2D eigenvalue weighted by atomic mass is 14.9. The molecule has 17 heavy (non-hydrogen) atoms. The Kier molecular flexibility index (Phi) is 5.99. The average molecular weight is 231 g/mol. The van der Waals surface area contributed by atoms with E-state index in [1.54, 1.807) is 0 Å². The zero-order valence-electron chi connectivity index (χ0n) is 11.4. The third-order valence-corrected chi connectivity index (χ3v) is 3.13. The summed E-state index contributed by atoms with van der Waals surface area (Å²) in [6, 6.07) is 7.40. The van der Waals surface area contributed by atoms with Gasteiger partial charge in [0.05, 0.1) is 0 Å². The van der Waals surface area contributed by atoms with Gasteiger partial charge in [-0.1, -0.05) is 35.4 Å². The van der Waals surface area contributed by atoms with E-state index in [1.165, 1.54) is 29.5 Å². The van der Waals surface area contributed by atoms with Gasteiger partial charge in [-0.05, 0) is 52.1 Å². The molecule has 0 heterocycles. The quantitative estimate of drug-likeness (QED) is 0.556. The maximum Gasteiger partial charge on any atom is 0.0105 e. The maximum atomic E-state index is 3.77. The van der Waals surface area contributed by atoms with E-state index in [0.717, 1.165) is 12.8 Å². The first-order valence-corrected chi connectivity index (χ1v) is 6.51. The number of likely N-dealkylation sites (N-methyl/N-ethyl adjacent to an activating group) is 1. The second-order valence-corrected chi connectivity index (χ2v) is 4.91. The molecule has 0 aliphatic heterocycles. The molecule has 0 amide bonds. The van der Waals surface area contributed by atoms with Crippen molar-refractivity contribution >= 4 is 0 Å². The first-order chi connectivity index (χ1) is 8.15. The molecule has 0 fully saturated rings. The van der Waals surface area contributed by atoms with Gasteiger partial charge in [-0.15, -0.1) is 6.58 Å². The lowest BCUT2D eigenvalue weighted by molar-refractivity contribution is 0.504. The number of rotatable bonds is 7. The zero-order valence-corrected chi connectivity index (χ0v) is 11.4. The smallest absolute Gasteiger partial charge is 0.0105 e. The van der Waals surface area contributed by atoms with Gasteiger partial charge >= 0.3 is 0 Å². The van der Waals surface area contributed by atoms with Crippen molar-refractivity contribution in [1.82, 2.24) is 5.32 Å². The summed E-state index contributed by atoms with van der Waals surface area (Å²) >= 11 is 0. The van der Waals surface area contributed by atoms with Crippen molar-refractivity contribution in [2.75, 3.05) is 7.05 Å². The molecule has 1 aromatic rings. The van der Waals surface area contributed by atoms with Crippen molar-refractivity contribution in [2.24, 2.45) is 0 Å². The molecule has 0 bridgehead atoms. The van der Waals surface area contributed by atoms with E-state index in [2.05, 4.69) is 51.0 Å². The normalized spacial score (nSPS) is 12.4. The molecule has 1 nitrogen and oxygen atoms in total. The van der Waals surface area contributed by atoms with E-state index in [1.807, 2.05) is 6.08 Å². The number of hydrogen-bond donors (Lipinski definition) is 1. The Morgan fingerprint density at radius 1 is 1.24 bits per heavy atom. The maximum absolute atomic E-state index is 3.77. The molecule has 1 aromatic carbocycles. The van der Waals surface area contributed by atoms with Crippen molar-refractivity contribution in [3.05, 3.63) is 47.5 Å². The minimum atomic E-state index is 0.580. The van der Waals surface area contributed by atoms with Crippen LogP contribution in [0.3, 0.4) is 0 Å². The molecule has 0 aliphatic rings. The first kappa shape index (κ1) is 14.0. The fraction of sp³-hybridized carbons (Fsp3) is 0.500. The summed E-state index contributed by atoms with van der Waals surface area (Å²) in [7, 11) is 2.06. The zero-order chi connectivity index (χ0) is 12.7. The van der Waals surface area contributed by atoms with Crippen molar-refractivity contribution in [3.8, 4) is 0 Å². The third-order valence-electron chi connectivity index (χ3n) is 3.13. The molecule has 0 saturated carbocycles. The summed E-state index contributed by atoms with van der Waals surface area (Å²) in [5.74, 6) is 0. The lowest BCUT2D eigenvalue weighted by Crippen LogP contribution is -2.27. The van der Waals surface area contributed by atoms with E-state index in [9.17, 15) is 0 Å². The summed E-state index contributed by atoms with van der Waals surface area (Å²) in [5.41, 5.74) is 4.17. The molecule has 0 saturated heterocycles. The summed E-state index contributed by atoms with van der Waals surface area (Å²) in [4.78, 5) is 0. The van der Waals surface area contributed by atoms with E-state index < -0.39 is 0 Å². The van der Waals surface area contributed by atoms with Crippen LogP contribution < -0.4 is 5.32 Å². The SMILES string of the molecule is C=CCCCC(Cc1cc(C)cc(C)c1)NC. The van der Waals surface area contributed by atoms with Gasteiger partial charge in [0.1, 0.15) is 0 Å². The minimum Gasteiger partial charge on any atom is -0.317 e. The van der Waals surface area contributed by atoms with Crippen LogP contribution >= 0.6 is 0 Å². The standard InChI is InChI=1S/C16H25N/c1-5-6-7-8-16(17-4)12-15-10-13(2)9-14(3)11-15/h5,9-11,16-17H,1,6-8,12H2,2-4H3. The van der Waals surface area contributed by atoms with Crippen molar-refractivity contribution in [1.29, 1.82) is 0 Å².